The molecule has 3 saturated heterocycles. The first kappa shape index (κ1) is 6.62. The summed E-state index contributed by atoms with van der Waals surface area (Å²) in [6.45, 7) is 4.46. The largest absolute Gasteiger partial charge is 0.445 e. The molecule has 0 spiro atoms. The molecule has 3 fully saturated rings. The van der Waals surface area contributed by atoms with E-state index in [2.05, 4.69) is 4.90 Å². The first-order chi connectivity index (χ1) is 4.85. The average molecular weight is 142 g/mol. The normalized spacial score (nSPS) is 45.9. The van der Waals surface area contributed by atoms with E-state index in [4.69, 9.17) is 5.11 Å². The van der Waals surface area contributed by atoms with E-state index in [0.29, 0.717) is 12.0 Å². The van der Waals surface area contributed by atoms with Crippen molar-refractivity contribution in [3.63, 3.8) is 0 Å². The van der Waals surface area contributed by atoms with Crippen LogP contribution in [0.1, 0.15) is 19.3 Å². The molecule has 2 nitrogen and oxygen atoms in total. The van der Waals surface area contributed by atoms with Gasteiger partial charge in [0.15, 0.2) is 0 Å². The van der Waals surface area contributed by atoms with E-state index in [-0.39, 0.29) is 0 Å². The molecule has 0 aromatic carbocycles. The van der Waals surface area contributed by atoms with E-state index < -0.39 is 0 Å². The highest BCUT2D eigenvalue weighted by Crippen LogP contribution is 2.39. The van der Waals surface area contributed by atoms with Crippen LogP contribution in [0.25, 0.3) is 0 Å². The van der Waals surface area contributed by atoms with Crippen LogP contribution in [-0.4, -0.2) is 36.2 Å². The van der Waals surface area contributed by atoms with Gasteiger partial charge < -0.3 is 10.0 Å². The van der Waals surface area contributed by atoms with E-state index in [1.54, 1.807) is 0 Å². The van der Waals surface area contributed by atoms with Gasteiger partial charge in [-0.05, 0) is 38.9 Å². The Bertz CT molecular complexity index is 113. The SMILES string of the molecule is [OH2+]CC12CCN(CC1)CC2. The first-order valence-corrected chi connectivity index (χ1v) is 4.22. The lowest BCUT2D eigenvalue weighted by molar-refractivity contribution is -0.0152. The Labute approximate surface area is 61.8 Å². The minimum Gasteiger partial charge on any atom is -0.445 e. The molecule has 0 aliphatic carbocycles. The van der Waals surface area contributed by atoms with Crippen molar-refractivity contribution in [1.29, 1.82) is 0 Å². The van der Waals surface area contributed by atoms with E-state index in [1.165, 1.54) is 38.9 Å². The summed E-state index contributed by atoms with van der Waals surface area (Å²) in [5, 5.41) is 7.45. The van der Waals surface area contributed by atoms with Crippen molar-refractivity contribution in [1.82, 2.24) is 4.90 Å². The molecule has 0 amide bonds. The summed E-state index contributed by atoms with van der Waals surface area (Å²) >= 11 is 0. The Balaban J connectivity index is 2.08. The third kappa shape index (κ3) is 0.867. The second-order valence-electron chi connectivity index (χ2n) is 3.77. The molecule has 0 aromatic rings. The van der Waals surface area contributed by atoms with Crippen molar-refractivity contribution in [2.75, 3.05) is 26.2 Å². The van der Waals surface area contributed by atoms with Gasteiger partial charge in [0.2, 0.25) is 0 Å². The second-order valence-corrected chi connectivity index (χ2v) is 3.77. The highest BCUT2D eigenvalue weighted by Gasteiger charge is 2.40. The lowest BCUT2D eigenvalue weighted by atomic mass is 9.73. The van der Waals surface area contributed by atoms with Crippen LogP contribution >= 0.6 is 0 Å². The third-order valence-electron chi connectivity index (χ3n) is 3.25. The van der Waals surface area contributed by atoms with Crippen molar-refractivity contribution in [2.45, 2.75) is 19.3 Å². The molecule has 2 N–H and O–H groups in total. The molecule has 58 valence electrons. The summed E-state index contributed by atoms with van der Waals surface area (Å²) in [7, 11) is 0. The summed E-state index contributed by atoms with van der Waals surface area (Å²) in [5.41, 5.74) is 0.453. The number of hydrogen-bond donors (Lipinski definition) is 0. The van der Waals surface area contributed by atoms with Crippen LogP contribution in [0.4, 0.5) is 0 Å². The predicted molar refractivity (Wildman–Crippen MR) is 41.2 cm³/mol. The smallest absolute Gasteiger partial charge is 0.149 e. The van der Waals surface area contributed by atoms with E-state index in [9.17, 15) is 0 Å². The topological polar surface area (TPSA) is 26.1 Å². The standard InChI is InChI=1S/C8H15NO/c10-7-8-1-4-9(5-2-8)6-3-8/h10H,1-7H2/p+1. The van der Waals surface area contributed by atoms with Gasteiger partial charge in [0.1, 0.15) is 6.61 Å². The Morgan fingerprint density at radius 1 is 1.10 bits per heavy atom. The number of rotatable bonds is 1. The molecular weight excluding hydrogens is 126 g/mol. The van der Waals surface area contributed by atoms with Gasteiger partial charge in [-0.1, -0.05) is 0 Å². The van der Waals surface area contributed by atoms with Crippen molar-refractivity contribution in [2.24, 2.45) is 5.41 Å². The molecule has 3 rings (SSSR count). The van der Waals surface area contributed by atoms with Crippen LogP contribution in [0, 0.1) is 5.41 Å². The fourth-order valence-electron chi connectivity index (χ4n) is 2.16. The molecular formula is C8H16NO+. The fourth-order valence-corrected chi connectivity index (χ4v) is 2.16. The molecule has 0 aromatic heterocycles. The van der Waals surface area contributed by atoms with E-state index in [0.717, 1.165) is 0 Å². The Kier molecular flexibility index (Phi) is 1.46. The zero-order valence-electron chi connectivity index (χ0n) is 6.40. The second kappa shape index (κ2) is 2.21. The monoisotopic (exact) mass is 142 g/mol. The van der Waals surface area contributed by atoms with Crippen LogP contribution in [0.5, 0.6) is 0 Å². The van der Waals surface area contributed by atoms with Crippen molar-refractivity contribution < 1.29 is 5.11 Å². The molecule has 3 aliphatic rings. The van der Waals surface area contributed by atoms with Crippen LogP contribution in [0.15, 0.2) is 0 Å². The van der Waals surface area contributed by atoms with Gasteiger partial charge in [0, 0.05) is 5.41 Å². The molecule has 10 heavy (non-hydrogen) atoms. The fraction of sp³-hybridized carbons (Fsp3) is 1.00. The lowest BCUT2D eigenvalue weighted by Crippen LogP contribution is -2.49. The first-order valence-electron chi connectivity index (χ1n) is 4.22. The summed E-state index contributed by atoms with van der Waals surface area (Å²) in [6, 6.07) is 0. The molecule has 0 radical (unpaired) electrons. The van der Waals surface area contributed by atoms with Gasteiger partial charge >= 0.3 is 0 Å². The summed E-state index contributed by atoms with van der Waals surface area (Å²) in [5.74, 6) is 0. The maximum absolute atomic E-state index is 7.45. The van der Waals surface area contributed by atoms with Crippen molar-refractivity contribution in [3.05, 3.63) is 0 Å². The molecule has 2 bridgehead atoms. The number of hydrogen-bond acceptors (Lipinski definition) is 1. The third-order valence-corrected chi connectivity index (χ3v) is 3.25. The Hall–Kier alpha value is -0.0800. The van der Waals surface area contributed by atoms with E-state index >= 15 is 0 Å². The number of fused-ring (bicyclic) bond motifs is 3. The zero-order chi connectivity index (χ0) is 7.03. The van der Waals surface area contributed by atoms with E-state index in [1.807, 2.05) is 0 Å². The van der Waals surface area contributed by atoms with Gasteiger partial charge in [0.25, 0.3) is 0 Å². The molecule has 3 aliphatic heterocycles. The molecule has 0 unspecified atom stereocenters. The predicted octanol–water partition coefficient (Wildman–Crippen LogP) is 0.197. The maximum atomic E-state index is 7.45. The summed E-state index contributed by atoms with van der Waals surface area (Å²) < 4.78 is 0. The summed E-state index contributed by atoms with van der Waals surface area (Å²) in [6.07, 6.45) is 3.86. The van der Waals surface area contributed by atoms with Crippen LogP contribution < -0.4 is 0 Å². The molecule has 3 heterocycles. The lowest BCUT2D eigenvalue weighted by Gasteiger charge is -2.45. The Morgan fingerprint density at radius 3 is 1.90 bits per heavy atom. The van der Waals surface area contributed by atoms with Gasteiger partial charge in [0.05, 0.1) is 0 Å². The quantitative estimate of drug-likeness (QED) is 0.480. The number of piperidine rings is 3. The molecule has 0 saturated carbocycles. The van der Waals surface area contributed by atoms with Crippen LogP contribution in [-0.2, 0) is 0 Å². The van der Waals surface area contributed by atoms with Gasteiger partial charge in [-0.3, -0.25) is 0 Å². The maximum Gasteiger partial charge on any atom is 0.149 e. The zero-order valence-corrected chi connectivity index (χ0v) is 6.40. The Morgan fingerprint density at radius 2 is 1.60 bits per heavy atom. The van der Waals surface area contributed by atoms with Crippen molar-refractivity contribution >= 4 is 0 Å². The summed E-state index contributed by atoms with van der Waals surface area (Å²) in [4.78, 5) is 2.53. The highest BCUT2D eigenvalue weighted by atomic mass is 16.3. The van der Waals surface area contributed by atoms with Gasteiger partial charge in [-0.2, -0.15) is 0 Å². The van der Waals surface area contributed by atoms with Crippen LogP contribution in [0.3, 0.4) is 0 Å². The number of nitrogens with zero attached hydrogens (tertiary/aromatic N) is 1. The van der Waals surface area contributed by atoms with Gasteiger partial charge in [-0.15, -0.1) is 0 Å². The minimum atomic E-state index is 0.453. The van der Waals surface area contributed by atoms with Crippen molar-refractivity contribution in [3.8, 4) is 0 Å². The molecule has 2 heteroatoms. The average Bonchev–Trinajstić information content (AvgIpc) is 2.08. The van der Waals surface area contributed by atoms with Crippen LogP contribution in [0.2, 0.25) is 0 Å². The minimum absolute atomic E-state index is 0.453. The highest BCUT2D eigenvalue weighted by molar-refractivity contribution is 4.91. The molecule has 0 atom stereocenters. The van der Waals surface area contributed by atoms with Gasteiger partial charge in [-0.25, -0.2) is 0 Å².